The first kappa shape index (κ1) is 11.2. The first-order chi connectivity index (χ1) is 6.70. The quantitative estimate of drug-likeness (QED) is 0.662. The van der Waals surface area contributed by atoms with Crippen LogP contribution in [-0.4, -0.2) is 23.7 Å². The molecule has 0 amide bonds. The number of hydrogen-bond donors (Lipinski definition) is 2. The summed E-state index contributed by atoms with van der Waals surface area (Å²) in [5.41, 5.74) is 1.49. The minimum atomic E-state index is -0.775. The highest BCUT2D eigenvalue weighted by Gasteiger charge is 2.09. The van der Waals surface area contributed by atoms with Crippen molar-refractivity contribution in [3.63, 3.8) is 0 Å². The van der Waals surface area contributed by atoms with Crippen molar-refractivity contribution in [2.45, 2.75) is 45.1 Å². The number of nitrogens with one attached hydrogen (secondary N) is 1. The number of hydrogen-bond acceptors (Lipinski definition) is 2. The molecule has 0 saturated carbocycles. The Morgan fingerprint density at radius 2 is 2.43 bits per heavy atom. The number of carboxylic acids is 1. The van der Waals surface area contributed by atoms with Gasteiger partial charge in [-0.25, -0.2) is 0 Å². The average molecular weight is 197 g/mol. The lowest BCUT2D eigenvalue weighted by atomic mass is 9.97. The minimum absolute atomic E-state index is 0.431. The predicted molar refractivity (Wildman–Crippen MR) is 56.3 cm³/mol. The fourth-order valence-corrected chi connectivity index (χ4v) is 1.67. The zero-order chi connectivity index (χ0) is 10.4. The van der Waals surface area contributed by atoms with Crippen molar-refractivity contribution in [2.75, 3.05) is 6.54 Å². The average Bonchev–Trinajstić information content (AvgIpc) is 2.19. The summed E-state index contributed by atoms with van der Waals surface area (Å²) in [5.74, 6) is -0.775. The van der Waals surface area contributed by atoms with Gasteiger partial charge in [-0.2, -0.15) is 0 Å². The highest BCUT2D eigenvalue weighted by atomic mass is 16.4. The summed E-state index contributed by atoms with van der Waals surface area (Å²) in [6, 6.07) is -0.431. The van der Waals surface area contributed by atoms with E-state index < -0.39 is 12.0 Å². The topological polar surface area (TPSA) is 49.3 Å². The number of allylic oxidation sites excluding steroid dienone is 1. The van der Waals surface area contributed by atoms with Crippen LogP contribution in [0.25, 0.3) is 0 Å². The molecule has 0 spiro atoms. The monoisotopic (exact) mass is 197 g/mol. The van der Waals surface area contributed by atoms with E-state index in [9.17, 15) is 4.79 Å². The van der Waals surface area contributed by atoms with Crippen LogP contribution in [0.5, 0.6) is 0 Å². The molecule has 2 N–H and O–H groups in total. The fourth-order valence-electron chi connectivity index (χ4n) is 1.67. The van der Waals surface area contributed by atoms with Crippen LogP contribution in [0.1, 0.15) is 39.0 Å². The summed E-state index contributed by atoms with van der Waals surface area (Å²) in [6.45, 7) is 2.46. The Hall–Kier alpha value is -0.830. The van der Waals surface area contributed by atoms with Gasteiger partial charge in [-0.1, -0.05) is 11.6 Å². The van der Waals surface area contributed by atoms with Gasteiger partial charge in [0.15, 0.2) is 0 Å². The third-order valence-electron chi connectivity index (χ3n) is 2.65. The zero-order valence-electron chi connectivity index (χ0n) is 8.75. The molecular weight excluding hydrogens is 178 g/mol. The molecule has 80 valence electrons. The minimum Gasteiger partial charge on any atom is -0.480 e. The molecule has 1 rings (SSSR count). The molecular formula is C11H19NO2. The van der Waals surface area contributed by atoms with Crippen LogP contribution >= 0.6 is 0 Å². The van der Waals surface area contributed by atoms with E-state index >= 15 is 0 Å². The molecule has 0 aromatic rings. The second-order valence-corrected chi connectivity index (χ2v) is 3.87. The number of carboxylic acid groups (broad SMARTS) is 1. The molecule has 0 heterocycles. The lowest BCUT2D eigenvalue weighted by molar-refractivity contribution is -0.138. The first-order valence-electron chi connectivity index (χ1n) is 5.34. The molecule has 1 unspecified atom stereocenters. The van der Waals surface area contributed by atoms with Crippen LogP contribution < -0.4 is 5.32 Å². The molecule has 0 saturated heterocycles. The maximum absolute atomic E-state index is 10.5. The Kier molecular flexibility index (Phi) is 4.66. The van der Waals surface area contributed by atoms with Crippen molar-refractivity contribution in [3.05, 3.63) is 11.6 Å². The maximum atomic E-state index is 10.5. The molecule has 14 heavy (non-hydrogen) atoms. The van der Waals surface area contributed by atoms with Gasteiger partial charge >= 0.3 is 5.97 Å². The Morgan fingerprint density at radius 3 is 3.00 bits per heavy atom. The van der Waals surface area contributed by atoms with Crippen molar-refractivity contribution in [1.82, 2.24) is 5.32 Å². The summed E-state index contributed by atoms with van der Waals surface area (Å²) >= 11 is 0. The van der Waals surface area contributed by atoms with Gasteiger partial charge in [0.2, 0.25) is 0 Å². The third kappa shape index (κ3) is 3.92. The van der Waals surface area contributed by atoms with Crippen LogP contribution in [0.15, 0.2) is 11.6 Å². The molecule has 0 aromatic heterocycles. The molecule has 1 aliphatic carbocycles. The summed E-state index contributed by atoms with van der Waals surface area (Å²) < 4.78 is 0. The van der Waals surface area contributed by atoms with Gasteiger partial charge in [-0.15, -0.1) is 0 Å². The maximum Gasteiger partial charge on any atom is 0.320 e. The molecule has 0 fully saturated rings. The highest BCUT2D eigenvalue weighted by molar-refractivity contribution is 5.72. The van der Waals surface area contributed by atoms with Crippen LogP contribution in [0.2, 0.25) is 0 Å². The number of aliphatic carboxylic acids is 1. The second kappa shape index (κ2) is 5.81. The van der Waals surface area contributed by atoms with Crippen molar-refractivity contribution in [1.29, 1.82) is 0 Å². The third-order valence-corrected chi connectivity index (χ3v) is 2.65. The van der Waals surface area contributed by atoms with Gasteiger partial charge in [0.25, 0.3) is 0 Å². The second-order valence-electron chi connectivity index (χ2n) is 3.87. The zero-order valence-corrected chi connectivity index (χ0v) is 8.75. The normalized spacial score (nSPS) is 18.8. The van der Waals surface area contributed by atoms with Gasteiger partial charge in [0.1, 0.15) is 6.04 Å². The number of carbonyl (C=O) groups is 1. The molecule has 3 heteroatoms. The van der Waals surface area contributed by atoms with Gasteiger partial charge < -0.3 is 10.4 Å². The van der Waals surface area contributed by atoms with E-state index in [-0.39, 0.29) is 0 Å². The van der Waals surface area contributed by atoms with E-state index in [4.69, 9.17) is 5.11 Å². The summed E-state index contributed by atoms with van der Waals surface area (Å²) in [6.07, 6.45) is 8.30. The van der Waals surface area contributed by atoms with Crippen molar-refractivity contribution in [3.8, 4) is 0 Å². The van der Waals surface area contributed by atoms with Crippen LogP contribution in [0, 0.1) is 0 Å². The Balaban J connectivity index is 2.14. The van der Waals surface area contributed by atoms with E-state index in [1.165, 1.54) is 31.3 Å². The summed E-state index contributed by atoms with van der Waals surface area (Å²) in [7, 11) is 0. The largest absolute Gasteiger partial charge is 0.480 e. The highest BCUT2D eigenvalue weighted by Crippen LogP contribution is 2.19. The van der Waals surface area contributed by atoms with Gasteiger partial charge in [-0.3, -0.25) is 4.79 Å². The molecule has 3 nitrogen and oxygen atoms in total. The smallest absolute Gasteiger partial charge is 0.320 e. The van der Waals surface area contributed by atoms with E-state index in [2.05, 4.69) is 11.4 Å². The van der Waals surface area contributed by atoms with Gasteiger partial charge in [-0.05, 0) is 45.6 Å². The van der Waals surface area contributed by atoms with Crippen LogP contribution in [0.3, 0.4) is 0 Å². The molecule has 0 radical (unpaired) electrons. The molecule has 1 aliphatic rings. The number of rotatable bonds is 5. The SMILES string of the molecule is CC(NCCC1=CCCCC1)C(=O)O. The molecule has 0 aliphatic heterocycles. The van der Waals surface area contributed by atoms with Gasteiger partial charge in [0, 0.05) is 0 Å². The van der Waals surface area contributed by atoms with Crippen molar-refractivity contribution < 1.29 is 9.90 Å². The molecule has 1 atom stereocenters. The lowest BCUT2D eigenvalue weighted by Gasteiger charge is -2.14. The lowest BCUT2D eigenvalue weighted by Crippen LogP contribution is -2.34. The predicted octanol–water partition coefficient (Wildman–Crippen LogP) is 1.94. The first-order valence-corrected chi connectivity index (χ1v) is 5.34. The van der Waals surface area contributed by atoms with Gasteiger partial charge in [0.05, 0.1) is 0 Å². The van der Waals surface area contributed by atoms with Crippen molar-refractivity contribution >= 4 is 5.97 Å². The Bertz CT molecular complexity index is 223. The van der Waals surface area contributed by atoms with Crippen LogP contribution in [-0.2, 0) is 4.79 Å². The van der Waals surface area contributed by atoms with Crippen molar-refractivity contribution in [2.24, 2.45) is 0 Å². The van der Waals surface area contributed by atoms with Crippen LogP contribution in [0.4, 0.5) is 0 Å². The molecule has 0 bridgehead atoms. The summed E-state index contributed by atoms with van der Waals surface area (Å²) in [4.78, 5) is 10.5. The Labute approximate surface area is 85.2 Å². The molecule has 0 aromatic carbocycles. The van der Waals surface area contributed by atoms with E-state index in [0.29, 0.717) is 0 Å². The van der Waals surface area contributed by atoms with E-state index in [1.54, 1.807) is 6.92 Å². The van der Waals surface area contributed by atoms with E-state index in [0.717, 1.165) is 13.0 Å². The summed E-state index contributed by atoms with van der Waals surface area (Å²) in [5, 5.41) is 11.6. The fraction of sp³-hybridized carbons (Fsp3) is 0.727. The standard InChI is InChI=1S/C11H19NO2/c1-9(11(13)14)12-8-7-10-5-3-2-4-6-10/h5,9,12H,2-4,6-8H2,1H3,(H,13,14). The van der Waals surface area contributed by atoms with E-state index in [1.807, 2.05) is 0 Å². The Morgan fingerprint density at radius 1 is 1.64 bits per heavy atom.